The topological polar surface area (TPSA) is 61.4 Å². The van der Waals surface area contributed by atoms with Crippen molar-refractivity contribution in [2.45, 2.75) is 13.3 Å². The molecule has 0 radical (unpaired) electrons. The monoisotopic (exact) mass is 283 g/mol. The van der Waals surface area contributed by atoms with Gasteiger partial charge in [0.1, 0.15) is 4.88 Å². The van der Waals surface area contributed by atoms with Crippen LogP contribution in [0.1, 0.15) is 22.3 Å². The lowest BCUT2D eigenvalue weighted by atomic mass is 10.3. The normalized spacial score (nSPS) is 17.6. The minimum atomic E-state index is -0.0408. The Morgan fingerprint density at radius 3 is 2.79 bits per heavy atom. The van der Waals surface area contributed by atoms with Crippen LogP contribution in [0.5, 0.6) is 0 Å². The van der Waals surface area contributed by atoms with E-state index in [2.05, 4.69) is 31.8 Å². The average molecular weight is 283 g/mol. The molecule has 2 heterocycles. The Balaban J connectivity index is 1.72. The number of rotatable bonds is 5. The van der Waals surface area contributed by atoms with Gasteiger partial charge in [0.2, 0.25) is 0 Å². The Labute approximate surface area is 117 Å². The van der Waals surface area contributed by atoms with Crippen LogP contribution in [0.4, 0.5) is 0 Å². The highest BCUT2D eigenvalue weighted by molar-refractivity contribution is 7.08. The molecule has 6 nitrogen and oxygen atoms in total. The third-order valence-corrected chi connectivity index (χ3v) is 4.17. The van der Waals surface area contributed by atoms with E-state index < -0.39 is 0 Å². The minimum absolute atomic E-state index is 0.0408. The van der Waals surface area contributed by atoms with Crippen LogP contribution in [0.2, 0.25) is 0 Å². The molecule has 0 spiro atoms. The number of aromatic nitrogens is 2. The molecular formula is C12H21N5OS. The molecule has 0 atom stereocenters. The van der Waals surface area contributed by atoms with Crippen molar-refractivity contribution >= 4 is 17.4 Å². The van der Waals surface area contributed by atoms with Gasteiger partial charge in [0.15, 0.2) is 0 Å². The molecule has 2 rings (SSSR count). The van der Waals surface area contributed by atoms with Crippen molar-refractivity contribution in [3.05, 3.63) is 10.6 Å². The van der Waals surface area contributed by atoms with Crippen molar-refractivity contribution in [3.8, 4) is 0 Å². The molecule has 0 bridgehead atoms. The first-order valence-electron chi connectivity index (χ1n) is 6.71. The van der Waals surface area contributed by atoms with Crippen molar-refractivity contribution in [1.29, 1.82) is 0 Å². The van der Waals surface area contributed by atoms with Gasteiger partial charge in [-0.05, 0) is 25.0 Å². The lowest BCUT2D eigenvalue weighted by Crippen LogP contribution is -2.46. The molecule has 19 heavy (non-hydrogen) atoms. The van der Waals surface area contributed by atoms with Crippen LogP contribution in [-0.4, -0.2) is 71.6 Å². The van der Waals surface area contributed by atoms with Gasteiger partial charge in [-0.2, -0.15) is 0 Å². The highest BCUT2D eigenvalue weighted by atomic mass is 32.1. The maximum atomic E-state index is 12.0. The molecule has 1 aliphatic heterocycles. The zero-order chi connectivity index (χ0) is 13.7. The van der Waals surface area contributed by atoms with E-state index in [1.165, 1.54) is 11.5 Å². The number of nitrogens with one attached hydrogen (secondary N) is 1. The summed E-state index contributed by atoms with van der Waals surface area (Å²) in [7, 11) is 2.14. The van der Waals surface area contributed by atoms with Crippen molar-refractivity contribution in [1.82, 2.24) is 24.7 Å². The standard InChI is InChI=1S/C12H21N5OS/c1-3-10-11(19-15-14-10)12(18)13-4-5-17-8-6-16(2)7-9-17/h3-9H2,1-2H3,(H,13,18). The van der Waals surface area contributed by atoms with Gasteiger partial charge in [0.25, 0.3) is 5.91 Å². The third-order valence-electron chi connectivity index (χ3n) is 3.41. The summed E-state index contributed by atoms with van der Waals surface area (Å²) >= 11 is 1.18. The fourth-order valence-corrected chi connectivity index (χ4v) is 2.76. The fourth-order valence-electron chi connectivity index (χ4n) is 2.09. The summed E-state index contributed by atoms with van der Waals surface area (Å²) in [5, 5.41) is 6.91. The number of hydrogen-bond acceptors (Lipinski definition) is 6. The number of carbonyl (C=O) groups is 1. The fraction of sp³-hybridized carbons (Fsp3) is 0.750. The van der Waals surface area contributed by atoms with Crippen LogP contribution in [0.25, 0.3) is 0 Å². The molecule has 1 N–H and O–H groups in total. The quantitative estimate of drug-likeness (QED) is 0.829. The first kappa shape index (κ1) is 14.4. The van der Waals surface area contributed by atoms with Crippen LogP contribution < -0.4 is 5.32 Å². The van der Waals surface area contributed by atoms with E-state index in [0.29, 0.717) is 11.4 Å². The Kier molecular flexibility index (Phi) is 5.24. The second-order valence-corrected chi connectivity index (χ2v) is 5.56. The second kappa shape index (κ2) is 6.93. The van der Waals surface area contributed by atoms with Gasteiger partial charge in [0, 0.05) is 39.3 Å². The van der Waals surface area contributed by atoms with E-state index >= 15 is 0 Å². The Morgan fingerprint density at radius 1 is 1.37 bits per heavy atom. The first-order chi connectivity index (χ1) is 9.20. The number of nitrogens with zero attached hydrogens (tertiary/aromatic N) is 4. The molecule has 7 heteroatoms. The molecule has 1 aromatic rings. The highest BCUT2D eigenvalue weighted by Gasteiger charge is 2.16. The summed E-state index contributed by atoms with van der Waals surface area (Å²) in [5.74, 6) is -0.0408. The maximum Gasteiger partial charge on any atom is 0.264 e. The zero-order valence-electron chi connectivity index (χ0n) is 11.6. The van der Waals surface area contributed by atoms with Gasteiger partial charge in [-0.15, -0.1) is 5.10 Å². The number of amides is 1. The van der Waals surface area contributed by atoms with E-state index in [1.54, 1.807) is 0 Å². The Morgan fingerprint density at radius 2 is 2.11 bits per heavy atom. The summed E-state index contributed by atoms with van der Waals surface area (Å²) in [4.78, 5) is 17.3. The van der Waals surface area contributed by atoms with Gasteiger partial charge in [0.05, 0.1) is 5.69 Å². The van der Waals surface area contributed by atoms with Crippen LogP contribution in [0.15, 0.2) is 0 Å². The molecule has 0 unspecified atom stereocenters. The number of aryl methyl sites for hydroxylation is 1. The Hall–Kier alpha value is -1.05. The van der Waals surface area contributed by atoms with Crippen LogP contribution in [0, 0.1) is 0 Å². The van der Waals surface area contributed by atoms with Crippen molar-refractivity contribution in [3.63, 3.8) is 0 Å². The summed E-state index contributed by atoms with van der Waals surface area (Å²) in [6.45, 7) is 7.94. The number of hydrogen-bond donors (Lipinski definition) is 1. The Bertz CT molecular complexity index is 414. The van der Waals surface area contributed by atoms with E-state index in [0.717, 1.165) is 44.8 Å². The van der Waals surface area contributed by atoms with Gasteiger partial charge in [-0.25, -0.2) is 0 Å². The summed E-state index contributed by atoms with van der Waals surface area (Å²) in [6.07, 6.45) is 0.748. The van der Waals surface area contributed by atoms with E-state index in [-0.39, 0.29) is 5.91 Å². The summed E-state index contributed by atoms with van der Waals surface area (Å²) in [6, 6.07) is 0. The van der Waals surface area contributed by atoms with Crippen molar-refractivity contribution in [2.75, 3.05) is 46.3 Å². The largest absolute Gasteiger partial charge is 0.350 e. The van der Waals surface area contributed by atoms with Crippen LogP contribution in [0.3, 0.4) is 0 Å². The first-order valence-corrected chi connectivity index (χ1v) is 7.48. The van der Waals surface area contributed by atoms with E-state index in [1.807, 2.05) is 6.92 Å². The molecule has 1 aliphatic rings. The maximum absolute atomic E-state index is 12.0. The predicted octanol–water partition coefficient (Wildman–Crippen LogP) is 0.0777. The van der Waals surface area contributed by atoms with Crippen molar-refractivity contribution in [2.24, 2.45) is 0 Å². The smallest absolute Gasteiger partial charge is 0.264 e. The minimum Gasteiger partial charge on any atom is -0.350 e. The second-order valence-electron chi connectivity index (χ2n) is 4.80. The lowest BCUT2D eigenvalue weighted by Gasteiger charge is -2.32. The average Bonchev–Trinajstić information content (AvgIpc) is 2.89. The van der Waals surface area contributed by atoms with Crippen LogP contribution in [-0.2, 0) is 6.42 Å². The predicted molar refractivity (Wildman–Crippen MR) is 75.6 cm³/mol. The number of likely N-dealkylation sites (N-methyl/N-ethyl adjacent to an activating group) is 1. The molecule has 0 aromatic carbocycles. The zero-order valence-corrected chi connectivity index (χ0v) is 12.4. The SMILES string of the molecule is CCc1nnsc1C(=O)NCCN1CCN(C)CC1. The van der Waals surface area contributed by atoms with E-state index in [4.69, 9.17) is 0 Å². The summed E-state index contributed by atoms with van der Waals surface area (Å²) in [5.41, 5.74) is 0.794. The van der Waals surface area contributed by atoms with Crippen molar-refractivity contribution < 1.29 is 4.79 Å². The number of piperazine rings is 1. The molecule has 1 amide bonds. The summed E-state index contributed by atoms with van der Waals surface area (Å²) < 4.78 is 3.84. The third kappa shape index (κ3) is 3.95. The molecular weight excluding hydrogens is 262 g/mol. The van der Waals surface area contributed by atoms with Gasteiger partial charge in [-0.3, -0.25) is 9.69 Å². The number of carbonyl (C=O) groups excluding carboxylic acids is 1. The molecule has 1 aromatic heterocycles. The van der Waals surface area contributed by atoms with Gasteiger partial charge >= 0.3 is 0 Å². The lowest BCUT2D eigenvalue weighted by molar-refractivity contribution is 0.0944. The molecule has 1 fully saturated rings. The molecule has 106 valence electrons. The highest BCUT2D eigenvalue weighted by Crippen LogP contribution is 2.10. The molecule has 0 aliphatic carbocycles. The van der Waals surface area contributed by atoms with Gasteiger partial charge < -0.3 is 10.2 Å². The van der Waals surface area contributed by atoms with Crippen LogP contribution >= 0.6 is 11.5 Å². The molecule has 1 saturated heterocycles. The van der Waals surface area contributed by atoms with E-state index in [9.17, 15) is 4.79 Å². The van der Waals surface area contributed by atoms with Gasteiger partial charge in [-0.1, -0.05) is 11.4 Å². The molecule has 0 saturated carbocycles.